The molecule has 0 atom stereocenters. The summed E-state index contributed by atoms with van der Waals surface area (Å²) >= 11 is 0. The molecule has 0 spiro atoms. The fourth-order valence-electron chi connectivity index (χ4n) is 1.94. The van der Waals surface area contributed by atoms with Crippen LogP contribution in [-0.2, 0) is 4.43 Å². The van der Waals surface area contributed by atoms with Gasteiger partial charge in [-0.3, -0.25) is 0 Å². The minimum atomic E-state index is -1.41. The van der Waals surface area contributed by atoms with E-state index in [0.717, 1.165) is 25.7 Å². The summed E-state index contributed by atoms with van der Waals surface area (Å²) in [6, 6.07) is 0. The zero-order valence-corrected chi connectivity index (χ0v) is 11.2. The van der Waals surface area contributed by atoms with Crippen LogP contribution in [-0.4, -0.2) is 8.32 Å². The van der Waals surface area contributed by atoms with Crippen molar-refractivity contribution in [3.05, 3.63) is 11.3 Å². The molecule has 0 unspecified atom stereocenters. The second-order valence-corrected chi connectivity index (χ2v) is 9.58. The highest BCUT2D eigenvalue weighted by Crippen LogP contribution is 2.32. The van der Waals surface area contributed by atoms with Gasteiger partial charge in [0.15, 0.2) is 0 Å². The van der Waals surface area contributed by atoms with Crippen LogP contribution in [0.5, 0.6) is 0 Å². The van der Waals surface area contributed by atoms with Crippen molar-refractivity contribution in [1.29, 1.82) is 0 Å². The fourth-order valence-corrected chi connectivity index (χ4v) is 2.93. The van der Waals surface area contributed by atoms with Gasteiger partial charge in [-0.25, -0.2) is 0 Å². The zero-order chi connectivity index (χ0) is 11.3. The predicted molar refractivity (Wildman–Crippen MR) is 68.0 cm³/mol. The number of rotatable bonds is 5. The van der Waals surface area contributed by atoms with Gasteiger partial charge in [0.2, 0.25) is 8.32 Å². The highest BCUT2D eigenvalue weighted by atomic mass is 28.4. The molecule has 0 bridgehead atoms. The first-order valence-corrected chi connectivity index (χ1v) is 9.27. The number of hydrogen-bond donors (Lipinski definition) is 0. The quantitative estimate of drug-likeness (QED) is 0.387. The molecule has 2 heteroatoms. The molecule has 1 aliphatic carbocycles. The lowest BCUT2D eigenvalue weighted by Gasteiger charge is -2.21. The first-order valence-electron chi connectivity index (χ1n) is 5.86. The zero-order valence-electron chi connectivity index (χ0n) is 10.2. The summed E-state index contributed by atoms with van der Waals surface area (Å²) in [5.41, 5.74) is 1.53. The van der Waals surface area contributed by atoms with E-state index in [1.54, 1.807) is 0 Å². The number of hydrogen-bond acceptors (Lipinski definition) is 1. The van der Waals surface area contributed by atoms with Crippen LogP contribution >= 0.6 is 0 Å². The van der Waals surface area contributed by atoms with Crippen LogP contribution in [0.4, 0.5) is 0 Å². The van der Waals surface area contributed by atoms with E-state index in [1.165, 1.54) is 24.2 Å². The number of terminal acetylenes is 1. The van der Waals surface area contributed by atoms with Crippen molar-refractivity contribution in [3.8, 4) is 12.3 Å². The minimum Gasteiger partial charge on any atom is -0.547 e. The van der Waals surface area contributed by atoms with E-state index in [1.807, 2.05) is 0 Å². The molecule has 0 heterocycles. The van der Waals surface area contributed by atoms with Crippen LogP contribution in [0.2, 0.25) is 19.6 Å². The third-order valence-corrected chi connectivity index (χ3v) is 3.36. The second-order valence-electron chi connectivity index (χ2n) is 5.15. The molecule has 0 radical (unpaired) electrons. The summed E-state index contributed by atoms with van der Waals surface area (Å²) < 4.78 is 6.11. The topological polar surface area (TPSA) is 9.23 Å². The molecule has 0 saturated heterocycles. The monoisotopic (exact) mass is 222 g/mol. The maximum Gasteiger partial charge on any atom is 0.241 e. The molecule has 0 aromatic rings. The molecule has 15 heavy (non-hydrogen) atoms. The Balaban J connectivity index is 2.51. The van der Waals surface area contributed by atoms with E-state index in [9.17, 15) is 0 Å². The van der Waals surface area contributed by atoms with Gasteiger partial charge in [-0.15, -0.1) is 12.3 Å². The van der Waals surface area contributed by atoms with Crippen molar-refractivity contribution in [3.63, 3.8) is 0 Å². The predicted octanol–water partition coefficient (Wildman–Crippen LogP) is 4.08. The van der Waals surface area contributed by atoms with E-state index in [0.29, 0.717) is 0 Å². The second kappa shape index (κ2) is 5.41. The molecule has 0 aromatic carbocycles. The summed E-state index contributed by atoms with van der Waals surface area (Å²) in [5.74, 6) is 4.00. The highest BCUT2D eigenvalue weighted by molar-refractivity contribution is 6.70. The van der Waals surface area contributed by atoms with Gasteiger partial charge < -0.3 is 4.43 Å². The molecular formula is C13H22OSi. The summed E-state index contributed by atoms with van der Waals surface area (Å²) in [7, 11) is -1.41. The normalized spacial score (nSPS) is 16.7. The standard InChI is InChI=1S/C13H22OSi/c1-5-6-7-9-12-10-8-11-13(12)14-15(2,3)4/h1H,6-11H2,2-4H3. The molecule has 0 saturated carbocycles. The van der Waals surface area contributed by atoms with Gasteiger partial charge in [0.05, 0.1) is 5.76 Å². The van der Waals surface area contributed by atoms with Crippen LogP contribution in [0.1, 0.15) is 38.5 Å². The summed E-state index contributed by atoms with van der Waals surface area (Å²) in [5, 5.41) is 0. The van der Waals surface area contributed by atoms with Crippen molar-refractivity contribution in [1.82, 2.24) is 0 Å². The first-order chi connectivity index (χ1) is 7.03. The molecule has 84 valence electrons. The van der Waals surface area contributed by atoms with E-state index in [4.69, 9.17) is 10.8 Å². The lowest BCUT2D eigenvalue weighted by Crippen LogP contribution is -2.24. The van der Waals surface area contributed by atoms with E-state index in [2.05, 4.69) is 25.6 Å². The van der Waals surface area contributed by atoms with Gasteiger partial charge in [-0.1, -0.05) is 0 Å². The molecule has 0 fully saturated rings. The van der Waals surface area contributed by atoms with Gasteiger partial charge in [0.1, 0.15) is 0 Å². The van der Waals surface area contributed by atoms with Gasteiger partial charge in [-0.2, -0.15) is 0 Å². The fraction of sp³-hybridized carbons (Fsp3) is 0.692. The van der Waals surface area contributed by atoms with Gasteiger partial charge in [-0.05, 0) is 50.9 Å². The molecule has 0 aromatic heterocycles. The first kappa shape index (κ1) is 12.4. The van der Waals surface area contributed by atoms with Crippen LogP contribution in [0.25, 0.3) is 0 Å². The highest BCUT2D eigenvalue weighted by Gasteiger charge is 2.22. The van der Waals surface area contributed by atoms with Crippen molar-refractivity contribution < 1.29 is 4.43 Å². The molecule has 1 aliphatic rings. The van der Waals surface area contributed by atoms with Gasteiger partial charge in [0.25, 0.3) is 0 Å². The van der Waals surface area contributed by atoms with Crippen molar-refractivity contribution >= 4 is 8.32 Å². The van der Waals surface area contributed by atoms with Crippen LogP contribution in [0.15, 0.2) is 11.3 Å². The maximum atomic E-state index is 6.11. The maximum absolute atomic E-state index is 6.11. The molecular weight excluding hydrogens is 200 g/mol. The molecule has 0 amide bonds. The Labute approximate surface area is 95.0 Å². The van der Waals surface area contributed by atoms with Gasteiger partial charge >= 0.3 is 0 Å². The average Bonchev–Trinajstić information content (AvgIpc) is 2.50. The Hall–Kier alpha value is -0.683. The minimum absolute atomic E-state index is 0.893. The number of allylic oxidation sites excluding steroid dienone is 2. The third-order valence-electron chi connectivity index (χ3n) is 2.51. The Bertz CT molecular complexity index is 278. The van der Waals surface area contributed by atoms with E-state index < -0.39 is 8.32 Å². The van der Waals surface area contributed by atoms with Crippen molar-refractivity contribution in [2.45, 2.75) is 58.2 Å². The number of unbranched alkanes of at least 4 members (excludes halogenated alkanes) is 1. The van der Waals surface area contributed by atoms with E-state index >= 15 is 0 Å². The smallest absolute Gasteiger partial charge is 0.241 e. The van der Waals surface area contributed by atoms with E-state index in [-0.39, 0.29) is 0 Å². The lowest BCUT2D eigenvalue weighted by molar-refractivity contribution is 0.402. The Kier molecular flexibility index (Phi) is 4.47. The Morgan fingerprint density at radius 3 is 2.67 bits per heavy atom. The molecule has 1 nitrogen and oxygen atoms in total. The SMILES string of the molecule is C#CCCCC1=C(O[Si](C)(C)C)CCC1. The van der Waals surface area contributed by atoms with Gasteiger partial charge in [0, 0.05) is 12.8 Å². The summed E-state index contributed by atoms with van der Waals surface area (Å²) in [6.07, 6.45) is 12.1. The Morgan fingerprint density at radius 2 is 2.07 bits per heavy atom. The Morgan fingerprint density at radius 1 is 1.33 bits per heavy atom. The summed E-state index contributed by atoms with van der Waals surface area (Å²) in [4.78, 5) is 0. The van der Waals surface area contributed by atoms with Crippen LogP contribution in [0, 0.1) is 12.3 Å². The molecule has 1 rings (SSSR count). The van der Waals surface area contributed by atoms with Crippen molar-refractivity contribution in [2.24, 2.45) is 0 Å². The molecule has 0 aliphatic heterocycles. The largest absolute Gasteiger partial charge is 0.547 e. The van der Waals surface area contributed by atoms with Crippen molar-refractivity contribution in [2.75, 3.05) is 0 Å². The molecule has 0 N–H and O–H groups in total. The summed E-state index contributed by atoms with van der Waals surface area (Å²) in [6.45, 7) is 6.74. The van der Waals surface area contributed by atoms with Crippen LogP contribution < -0.4 is 0 Å². The van der Waals surface area contributed by atoms with Crippen LogP contribution in [0.3, 0.4) is 0 Å². The third kappa shape index (κ3) is 4.57. The average molecular weight is 222 g/mol. The lowest BCUT2D eigenvalue weighted by atomic mass is 10.1.